The highest BCUT2D eigenvalue weighted by molar-refractivity contribution is 5.77. The number of methoxy groups -OCH3 is 1. The largest absolute Gasteiger partial charge is 0.496 e. The van der Waals surface area contributed by atoms with Crippen LogP contribution >= 0.6 is 0 Å². The molecule has 0 aliphatic heterocycles. The first-order valence-electron chi connectivity index (χ1n) is 5.74. The van der Waals surface area contributed by atoms with Gasteiger partial charge in [0.2, 0.25) is 5.91 Å². The second-order valence-electron chi connectivity index (χ2n) is 3.81. The molecule has 5 heteroatoms. The Bertz CT molecular complexity index is 417. The summed E-state index contributed by atoms with van der Waals surface area (Å²) < 4.78 is 5.18. The first-order valence-corrected chi connectivity index (χ1v) is 5.74. The lowest BCUT2D eigenvalue weighted by atomic mass is 10.1. The molecule has 1 aromatic rings. The zero-order valence-corrected chi connectivity index (χ0v) is 10.3. The average molecular weight is 251 g/mol. The van der Waals surface area contributed by atoms with E-state index in [1.165, 1.54) is 0 Å². The molecule has 0 unspecified atom stereocenters. The minimum Gasteiger partial charge on any atom is -0.496 e. The van der Waals surface area contributed by atoms with Gasteiger partial charge in [0.1, 0.15) is 5.75 Å². The van der Waals surface area contributed by atoms with Gasteiger partial charge in [0.25, 0.3) is 0 Å². The first-order chi connectivity index (χ1) is 8.63. The van der Waals surface area contributed by atoms with E-state index in [1.54, 1.807) is 7.11 Å². The Kier molecular flexibility index (Phi) is 5.70. The summed E-state index contributed by atoms with van der Waals surface area (Å²) in [5.74, 6) is -0.307. The molecule has 0 aliphatic rings. The molecule has 0 heterocycles. The molecule has 0 fully saturated rings. The van der Waals surface area contributed by atoms with Crippen molar-refractivity contribution in [2.45, 2.75) is 19.3 Å². The van der Waals surface area contributed by atoms with E-state index in [0.29, 0.717) is 12.8 Å². The van der Waals surface area contributed by atoms with Gasteiger partial charge in [-0.2, -0.15) is 0 Å². The van der Waals surface area contributed by atoms with Crippen LogP contribution in [-0.4, -0.2) is 30.6 Å². The summed E-state index contributed by atoms with van der Waals surface area (Å²) in [6.07, 6.45) is 0.837. The monoisotopic (exact) mass is 251 g/mol. The van der Waals surface area contributed by atoms with E-state index >= 15 is 0 Å². The standard InChI is InChI=1S/C13H17NO4/c1-18-11-5-3-2-4-10(11)6-7-12(15)14-9-8-13(16)17/h2-5H,6-9H2,1H3,(H,14,15)(H,16,17). The van der Waals surface area contributed by atoms with Crippen LogP contribution in [0.4, 0.5) is 0 Å². The first kappa shape index (κ1) is 14.0. The smallest absolute Gasteiger partial charge is 0.305 e. The predicted octanol–water partition coefficient (Wildman–Crippen LogP) is 1.22. The van der Waals surface area contributed by atoms with Gasteiger partial charge in [0, 0.05) is 13.0 Å². The molecule has 0 spiro atoms. The number of carbonyl (C=O) groups is 2. The van der Waals surface area contributed by atoms with Crippen LogP contribution in [-0.2, 0) is 16.0 Å². The minimum atomic E-state index is -0.917. The second-order valence-corrected chi connectivity index (χ2v) is 3.81. The molecule has 1 amide bonds. The summed E-state index contributed by atoms with van der Waals surface area (Å²) in [5.41, 5.74) is 0.966. The molecule has 2 N–H and O–H groups in total. The molecule has 18 heavy (non-hydrogen) atoms. The number of para-hydroxylation sites is 1. The Morgan fingerprint density at radius 3 is 2.67 bits per heavy atom. The molecule has 0 saturated heterocycles. The highest BCUT2D eigenvalue weighted by atomic mass is 16.5. The highest BCUT2D eigenvalue weighted by Gasteiger charge is 2.06. The van der Waals surface area contributed by atoms with Crippen LogP contribution < -0.4 is 10.1 Å². The molecule has 0 saturated carbocycles. The quantitative estimate of drug-likeness (QED) is 0.764. The number of carboxylic acids is 1. The summed E-state index contributed by atoms with van der Waals surface area (Å²) >= 11 is 0. The fourth-order valence-corrected chi connectivity index (χ4v) is 1.55. The maximum absolute atomic E-state index is 11.5. The fraction of sp³-hybridized carbons (Fsp3) is 0.385. The molecule has 0 atom stereocenters. The van der Waals surface area contributed by atoms with E-state index in [1.807, 2.05) is 24.3 Å². The summed E-state index contributed by atoms with van der Waals surface area (Å²) in [6, 6.07) is 7.51. The molecule has 0 aromatic heterocycles. The minimum absolute atomic E-state index is 0.0552. The predicted molar refractivity (Wildman–Crippen MR) is 66.6 cm³/mol. The summed E-state index contributed by atoms with van der Waals surface area (Å²) in [7, 11) is 1.59. The molecule has 1 aromatic carbocycles. The topological polar surface area (TPSA) is 75.6 Å². The van der Waals surface area contributed by atoms with Gasteiger partial charge >= 0.3 is 5.97 Å². The molecule has 0 radical (unpaired) electrons. The zero-order valence-electron chi connectivity index (χ0n) is 10.3. The van der Waals surface area contributed by atoms with E-state index in [4.69, 9.17) is 9.84 Å². The van der Waals surface area contributed by atoms with Crippen molar-refractivity contribution in [2.75, 3.05) is 13.7 Å². The molecular formula is C13H17NO4. The van der Waals surface area contributed by atoms with Crippen molar-refractivity contribution in [2.24, 2.45) is 0 Å². The third-order valence-electron chi connectivity index (χ3n) is 2.47. The van der Waals surface area contributed by atoms with Crippen LogP contribution in [0.5, 0.6) is 5.75 Å². The number of aliphatic carboxylic acids is 1. The van der Waals surface area contributed by atoms with Crippen LogP contribution in [0, 0.1) is 0 Å². The van der Waals surface area contributed by atoms with Gasteiger partial charge in [0.15, 0.2) is 0 Å². The molecule has 5 nitrogen and oxygen atoms in total. The molecule has 98 valence electrons. The van der Waals surface area contributed by atoms with Crippen molar-refractivity contribution in [3.63, 3.8) is 0 Å². The lowest BCUT2D eigenvalue weighted by Gasteiger charge is -2.08. The van der Waals surface area contributed by atoms with Crippen molar-refractivity contribution in [1.29, 1.82) is 0 Å². The van der Waals surface area contributed by atoms with E-state index in [2.05, 4.69) is 5.32 Å². The Labute approximate surface area is 106 Å². The average Bonchev–Trinajstić information content (AvgIpc) is 2.36. The number of ether oxygens (including phenoxy) is 1. The second kappa shape index (κ2) is 7.32. The van der Waals surface area contributed by atoms with Gasteiger partial charge in [0.05, 0.1) is 13.5 Å². The third kappa shape index (κ3) is 4.86. The maximum Gasteiger partial charge on any atom is 0.305 e. The highest BCUT2D eigenvalue weighted by Crippen LogP contribution is 2.18. The number of benzene rings is 1. The summed E-state index contributed by atoms with van der Waals surface area (Å²) in [5, 5.41) is 11.0. The lowest BCUT2D eigenvalue weighted by molar-refractivity contribution is -0.136. The van der Waals surface area contributed by atoms with E-state index in [9.17, 15) is 9.59 Å². The van der Waals surface area contributed by atoms with Gasteiger partial charge in [-0.05, 0) is 18.1 Å². The zero-order chi connectivity index (χ0) is 13.4. The SMILES string of the molecule is COc1ccccc1CCC(=O)NCCC(=O)O. The number of amides is 1. The van der Waals surface area contributed by atoms with Gasteiger partial charge in [-0.25, -0.2) is 0 Å². The molecule has 0 aliphatic carbocycles. The number of nitrogens with one attached hydrogen (secondary N) is 1. The number of hydrogen-bond acceptors (Lipinski definition) is 3. The van der Waals surface area contributed by atoms with Crippen molar-refractivity contribution in [1.82, 2.24) is 5.32 Å². The lowest BCUT2D eigenvalue weighted by Crippen LogP contribution is -2.26. The summed E-state index contributed by atoms with van der Waals surface area (Å²) in [4.78, 5) is 21.7. The third-order valence-corrected chi connectivity index (χ3v) is 2.47. The van der Waals surface area contributed by atoms with E-state index < -0.39 is 5.97 Å². The summed E-state index contributed by atoms with van der Waals surface area (Å²) in [6.45, 7) is 0.167. The van der Waals surface area contributed by atoms with Gasteiger partial charge in [-0.1, -0.05) is 18.2 Å². The molecular weight excluding hydrogens is 234 g/mol. The van der Waals surface area contributed by atoms with Crippen molar-refractivity contribution >= 4 is 11.9 Å². The number of hydrogen-bond donors (Lipinski definition) is 2. The van der Waals surface area contributed by atoms with Crippen LogP contribution in [0.1, 0.15) is 18.4 Å². The van der Waals surface area contributed by atoms with Crippen molar-refractivity contribution in [3.8, 4) is 5.75 Å². The Balaban J connectivity index is 2.35. The number of aryl methyl sites for hydroxylation is 1. The fourth-order valence-electron chi connectivity index (χ4n) is 1.55. The maximum atomic E-state index is 11.5. The molecule has 1 rings (SSSR count). The van der Waals surface area contributed by atoms with Gasteiger partial charge in [-0.15, -0.1) is 0 Å². The van der Waals surface area contributed by atoms with Crippen LogP contribution in [0.3, 0.4) is 0 Å². The van der Waals surface area contributed by atoms with Gasteiger partial charge < -0.3 is 15.2 Å². The Morgan fingerprint density at radius 1 is 1.28 bits per heavy atom. The van der Waals surface area contributed by atoms with Crippen LogP contribution in [0.25, 0.3) is 0 Å². The number of carboxylic acid groups (broad SMARTS) is 1. The Morgan fingerprint density at radius 2 is 2.00 bits per heavy atom. The van der Waals surface area contributed by atoms with Crippen molar-refractivity contribution < 1.29 is 19.4 Å². The van der Waals surface area contributed by atoms with Crippen LogP contribution in [0.15, 0.2) is 24.3 Å². The van der Waals surface area contributed by atoms with Crippen molar-refractivity contribution in [3.05, 3.63) is 29.8 Å². The Hall–Kier alpha value is -2.04. The number of carbonyl (C=O) groups excluding carboxylic acids is 1. The van der Waals surface area contributed by atoms with E-state index in [-0.39, 0.29) is 18.9 Å². The van der Waals surface area contributed by atoms with E-state index in [0.717, 1.165) is 11.3 Å². The molecule has 0 bridgehead atoms. The number of rotatable bonds is 7. The normalized spacial score (nSPS) is 9.83. The van der Waals surface area contributed by atoms with Gasteiger partial charge in [-0.3, -0.25) is 9.59 Å². The van der Waals surface area contributed by atoms with Crippen LogP contribution in [0.2, 0.25) is 0 Å².